The van der Waals surface area contributed by atoms with Crippen LogP contribution in [0.4, 0.5) is 0 Å². The highest BCUT2D eigenvalue weighted by Crippen LogP contribution is 2.43. The summed E-state index contributed by atoms with van der Waals surface area (Å²) in [5.41, 5.74) is 1.55. The Labute approximate surface area is 157 Å². The molecule has 1 aromatic carbocycles. The lowest BCUT2D eigenvalue weighted by Crippen LogP contribution is -2.42. The molecular weight excluding hydrogens is 348 g/mol. The van der Waals surface area contributed by atoms with E-state index in [1.807, 2.05) is 6.92 Å². The molecule has 1 aromatic rings. The summed E-state index contributed by atoms with van der Waals surface area (Å²) < 4.78 is 9.79. The smallest absolute Gasteiger partial charge is 0.323 e. The molecule has 2 aliphatic carbocycles. The number of rotatable bonds is 5. The molecule has 6 nitrogen and oxygen atoms in total. The average Bonchev–Trinajstić information content (AvgIpc) is 3.07. The van der Waals surface area contributed by atoms with Crippen molar-refractivity contribution in [3.05, 3.63) is 46.0 Å². The molecule has 0 atom stereocenters. The van der Waals surface area contributed by atoms with Gasteiger partial charge in [-0.2, -0.15) is 0 Å². The lowest BCUT2D eigenvalue weighted by Gasteiger charge is -2.22. The van der Waals surface area contributed by atoms with E-state index in [2.05, 4.69) is 0 Å². The molecular formula is C21H22O6. The summed E-state index contributed by atoms with van der Waals surface area (Å²) >= 11 is 0. The number of carbonyl (C=O) groups excluding carboxylic acids is 4. The molecule has 0 N–H and O–H groups in total. The van der Waals surface area contributed by atoms with Gasteiger partial charge in [0.15, 0.2) is 17.0 Å². The van der Waals surface area contributed by atoms with Gasteiger partial charge in [-0.25, -0.2) is 0 Å². The Morgan fingerprint density at radius 1 is 1.04 bits per heavy atom. The van der Waals surface area contributed by atoms with E-state index in [4.69, 9.17) is 9.47 Å². The first-order valence-electron chi connectivity index (χ1n) is 9.00. The van der Waals surface area contributed by atoms with Crippen molar-refractivity contribution in [1.29, 1.82) is 0 Å². The van der Waals surface area contributed by atoms with Crippen LogP contribution in [0.1, 0.15) is 57.2 Å². The minimum Gasteiger partial charge on any atom is -0.468 e. The van der Waals surface area contributed by atoms with Crippen LogP contribution in [0, 0.1) is 5.41 Å². The van der Waals surface area contributed by atoms with E-state index >= 15 is 0 Å². The van der Waals surface area contributed by atoms with Gasteiger partial charge in [0.25, 0.3) is 0 Å². The lowest BCUT2D eigenvalue weighted by molar-refractivity contribution is -0.168. The Bertz CT molecular complexity index is 861. The van der Waals surface area contributed by atoms with Gasteiger partial charge in [0.05, 0.1) is 14.2 Å². The van der Waals surface area contributed by atoms with Crippen molar-refractivity contribution in [2.24, 2.45) is 5.41 Å². The first-order valence-corrected chi connectivity index (χ1v) is 9.00. The molecule has 2 aliphatic rings. The van der Waals surface area contributed by atoms with Crippen molar-refractivity contribution in [3.8, 4) is 0 Å². The number of hydrogen-bond acceptors (Lipinski definition) is 6. The van der Waals surface area contributed by atoms with Crippen molar-refractivity contribution in [1.82, 2.24) is 0 Å². The van der Waals surface area contributed by atoms with Gasteiger partial charge in [0.1, 0.15) is 0 Å². The Kier molecular flexibility index (Phi) is 5.00. The van der Waals surface area contributed by atoms with Gasteiger partial charge in [0.2, 0.25) is 0 Å². The van der Waals surface area contributed by atoms with Gasteiger partial charge in [-0.15, -0.1) is 0 Å². The van der Waals surface area contributed by atoms with Crippen LogP contribution in [0.25, 0.3) is 0 Å². The minimum atomic E-state index is -1.48. The number of esters is 2. The van der Waals surface area contributed by atoms with Crippen molar-refractivity contribution < 1.29 is 28.7 Å². The predicted octanol–water partition coefficient (Wildman–Crippen LogP) is 2.40. The van der Waals surface area contributed by atoms with Gasteiger partial charge >= 0.3 is 11.9 Å². The van der Waals surface area contributed by atoms with Gasteiger partial charge in [0, 0.05) is 17.5 Å². The number of hydrogen-bond donors (Lipinski definition) is 0. The summed E-state index contributed by atoms with van der Waals surface area (Å²) in [5, 5.41) is 0. The number of ether oxygens (including phenoxy) is 2. The predicted molar refractivity (Wildman–Crippen MR) is 96.7 cm³/mol. The maximum absolute atomic E-state index is 12.5. The van der Waals surface area contributed by atoms with E-state index in [0.29, 0.717) is 17.5 Å². The third-order valence-electron chi connectivity index (χ3n) is 5.44. The van der Waals surface area contributed by atoms with Crippen molar-refractivity contribution in [3.63, 3.8) is 0 Å². The highest BCUT2D eigenvalue weighted by molar-refractivity contribution is 6.23. The zero-order chi connectivity index (χ0) is 19.8. The minimum absolute atomic E-state index is 0.0965. The second kappa shape index (κ2) is 7.10. The third-order valence-corrected chi connectivity index (χ3v) is 5.44. The summed E-state index contributed by atoms with van der Waals surface area (Å²) in [7, 11) is 2.46. The maximum Gasteiger partial charge on any atom is 0.323 e. The van der Waals surface area contributed by atoms with Crippen molar-refractivity contribution in [2.75, 3.05) is 14.2 Å². The molecule has 0 aliphatic heterocycles. The van der Waals surface area contributed by atoms with Crippen LogP contribution < -0.4 is 0 Å². The van der Waals surface area contributed by atoms with Crippen LogP contribution in [0.2, 0.25) is 0 Å². The largest absolute Gasteiger partial charge is 0.468 e. The molecule has 6 heteroatoms. The zero-order valence-electron chi connectivity index (χ0n) is 15.7. The van der Waals surface area contributed by atoms with Crippen LogP contribution in [-0.2, 0) is 38.3 Å². The Morgan fingerprint density at radius 2 is 1.67 bits per heavy atom. The fourth-order valence-electron chi connectivity index (χ4n) is 4.10. The number of benzene rings is 1. The van der Waals surface area contributed by atoms with E-state index in [0.717, 1.165) is 29.5 Å². The summed E-state index contributed by atoms with van der Waals surface area (Å²) in [6.45, 7) is 2.04. The summed E-state index contributed by atoms with van der Waals surface area (Å²) in [4.78, 5) is 49.9. The summed E-state index contributed by atoms with van der Waals surface area (Å²) in [6.07, 6.45) is 5.11. The van der Waals surface area contributed by atoms with Crippen molar-refractivity contribution in [2.45, 2.75) is 39.0 Å². The van der Waals surface area contributed by atoms with Crippen molar-refractivity contribution >= 4 is 23.5 Å². The number of fused-ring (bicyclic) bond motifs is 2. The topological polar surface area (TPSA) is 86.7 Å². The fraction of sp³-hybridized carbons (Fsp3) is 0.429. The molecule has 0 fully saturated rings. The number of allylic oxidation sites excluding steroid dienone is 2. The molecule has 0 bridgehead atoms. The SMILES string of the molecule is CCCCc1c2c(cc3c1C(=O)C=CC3=O)CC(C(=O)OC)(C(=O)OC)C2. The molecule has 142 valence electrons. The zero-order valence-corrected chi connectivity index (χ0v) is 15.7. The second-order valence-electron chi connectivity index (χ2n) is 7.00. The van der Waals surface area contributed by atoms with Gasteiger partial charge in [-0.1, -0.05) is 13.3 Å². The van der Waals surface area contributed by atoms with Crippen LogP contribution in [0.3, 0.4) is 0 Å². The molecule has 27 heavy (non-hydrogen) atoms. The van der Waals surface area contributed by atoms with Gasteiger partial charge < -0.3 is 9.47 Å². The molecule has 0 aromatic heterocycles. The summed E-state index contributed by atoms with van der Waals surface area (Å²) in [6, 6.07) is 1.65. The van der Waals surface area contributed by atoms with Crippen LogP contribution in [0.15, 0.2) is 18.2 Å². The van der Waals surface area contributed by atoms with E-state index < -0.39 is 17.4 Å². The van der Waals surface area contributed by atoms with Gasteiger partial charge in [-0.3, -0.25) is 19.2 Å². The van der Waals surface area contributed by atoms with E-state index in [9.17, 15) is 19.2 Å². The number of unbranched alkanes of at least 4 members (excludes halogenated alkanes) is 1. The van der Waals surface area contributed by atoms with E-state index in [1.165, 1.54) is 26.4 Å². The monoisotopic (exact) mass is 370 g/mol. The molecule has 0 heterocycles. The first kappa shape index (κ1) is 19.0. The van der Waals surface area contributed by atoms with Crippen LogP contribution in [-0.4, -0.2) is 37.7 Å². The highest BCUT2D eigenvalue weighted by atomic mass is 16.5. The van der Waals surface area contributed by atoms with E-state index in [-0.39, 0.29) is 24.4 Å². The lowest BCUT2D eigenvalue weighted by atomic mass is 9.83. The standard InChI is InChI=1S/C21H22O6/c1-4-5-6-13-15-11-21(19(24)26-2,20(25)27-3)10-12(15)9-14-16(22)7-8-17(23)18(13)14/h7-9H,4-6,10-11H2,1-3H3. The molecule has 0 amide bonds. The average molecular weight is 370 g/mol. The number of methoxy groups -OCH3 is 2. The Balaban J connectivity index is 2.21. The fourth-order valence-corrected chi connectivity index (χ4v) is 4.10. The second-order valence-corrected chi connectivity index (χ2v) is 7.00. The van der Waals surface area contributed by atoms with Crippen LogP contribution in [0.5, 0.6) is 0 Å². The van der Waals surface area contributed by atoms with Gasteiger partial charge in [-0.05, 0) is 54.2 Å². The Hall–Kier alpha value is -2.76. The van der Waals surface area contributed by atoms with E-state index in [1.54, 1.807) is 6.07 Å². The normalized spacial score (nSPS) is 16.7. The third kappa shape index (κ3) is 2.89. The highest BCUT2D eigenvalue weighted by Gasteiger charge is 2.53. The van der Waals surface area contributed by atoms with Crippen LogP contribution >= 0.6 is 0 Å². The first-order chi connectivity index (χ1) is 12.9. The molecule has 0 saturated carbocycles. The number of ketones is 2. The molecule has 0 saturated heterocycles. The molecule has 0 radical (unpaired) electrons. The number of carbonyl (C=O) groups is 4. The molecule has 0 spiro atoms. The maximum atomic E-state index is 12.5. The molecule has 0 unspecified atom stereocenters. The Morgan fingerprint density at radius 3 is 2.26 bits per heavy atom. The summed E-state index contributed by atoms with van der Waals surface area (Å²) in [5.74, 6) is -1.78. The molecule has 3 rings (SSSR count). The quantitative estimate of drug-likeness (QED) is 0.584.